The van der Waals surface area contributed by atoms with E-state index in [1.807, 2.05) is 19.9 Å². The van der Waals surface area contributed by atoms with Crippen molar-refractivity contribution in [2.45, 2.75) is 33.0 Å². The molecule has 0 saturated carbocycles. The summed E-state index contributed by atoms with van der Waals surface area (Å²) in [5, 5.41) is 9.36. The van der Waals surface area contributed by atoms with Crippen molar-refractivity contribution in [3.8, 4) is 5.88 Å². The molecule has 8 heteroatoms. The Morgan fingerprint density at radius 1 is 1.26 bits per heavy atom. The molecule has 158 valence electrons. The number of carbonyl (C=O) groups is 2. The van der Waals surface area contributed by atoms with Gasteiger partial charge in [0.1, 0.15) is 12.4 Å². The average molecular weight is 421 g/mol. The SMILES string of the molecule is Cc1cc(C(C)N2Cc3c(ccnc3C(=O)O)C2=O)cnc1OCc1ccc(F)cc1. The molecule has 0 bridgehead atoms. The van der Waals surface area contributed by atoms with Gasteiger partial charge in [-0.15, -0.1) is 0 Å². The first kappa shape index (κ1) is 20.5. The molecule has 0 radical (unpaired) electrons. The number of pyridine rings is 2. The number of hydrogen-bond donors (Lipinski definition) is 1. The number of aromatic carboxylic acids is 1. The highest BCUT2D eigenvalue weighted by atomic mass is 19.1. The third-order valence-corrected chi connectivity index (χ3v) is 5.37. The van der Waals surface area contributed by atoms with Gasteiger partial charge in [0.05, 0.1) is 6.04 Å². The van der Waals surface area contributed by atoms with Crippen LogP contribution in [0.5, 0.6) is 5.88 Å². The lowest BCUT2D eigenvalue weighted by Gasteiger charge is -2.25. The number of benzene rings is 1. The molecule has 0 aliphatic carbocycles. The van der Waals surface area contributed by atoms with Gasteiger partial charge < -0.3 is 14.7 Å². The van der Waals surface area contributed by atoms with Gasteiger partial charge >= 0.3 is 5.97 Å². The molecule has 31 heavy (non-hydrogen) atoms. The first-order chi connectivity index (χ1) is 14.8. The molecule has 3 heterocycles. The highest BCUT2D eigenvalue weighted by Gasteiger charge is 2.35. The van der Waals surface area contributed by atoms with Crippen LogP contribution < -0.4 is 4.74 Å². The second kappa shape index (κ2) is 8.14. The lowest BCUT2D eigenvalue weighted by Crippen LogP contribution is -2.27. The zero-order chi connectivity index (χ0) is 22.1. The molecule has 2 aromatic heterocycles. The monoisotopic (exact) mass is 421 g/mol. The van der Waals surface area contributed by atoms with Gasteiger partial charge in [-0.3, -0.25) is 4.79 Å². The van der Waals surface area contributed by atoms with Crippen LogP contribution in [0.2, 0.25) is 0 Å². The number of halogens is 1. The number of ether oxygens (including phenoxy) is 1. The summed E-state index contributed by atoms with van der Waals surface area (Å²) in [6.07, 6.45) is 2.98. The summed E-state index contributed by atoms with van der Waals surface area (Å²) in [6, 6.07) is 9.17. The van der Waals surface area contributed by atoms with Crippen molar-refractivity contribution in [3.63, 3.8) is 0 Å². The summed E-state index contributed by atoms with van der Waals surface area (Å²) < 4.78 is 18.8. The summed E-state index contributed by atoms with van der Waals surface area (Å²) in [4.78, 5) is 34.2. The minimum atomic E-state index is -1.15. The maximum atomic E-state index is 13.0. The lowest BCUT2D eigenvalue weighted by atomic mass is 10.1. The van der Waals surface area contributed by atoms with Gasteiger partial charge in [0.2, 0.25) is 5.88 Å². The summed E-state index contributed by atoms with van der Waals surface area (Å²) in [5.41, 5.74) is 3.11. The van der Waals surface area contributed by atoms with E-state index in [1.54, 1.807) is 29.3 Å². The van der Waals surface area contributed by atoms with Crippen molar-refractivity contribution in [3.05, 3.63) is 88.1 Å². The number of aromatic nitrogens is 2. The predicted octanol–water partition coefficient (Wildman–Crippen LogP) is 3.92. The Labute approximate surface area is 178 Å². The van der Waals surface area contributed by atoms with Gasteiger partial charge in [0, 0.05) is 35.6 Å². The first-order valence-electron chi connectivity index (χ1n) is 9.71. The number of rotatable bonds is 6. The highest BCUT2D eigenvalue weighted by Crippen LogP contribution is 2.33. The van der Waals surface area contributed by atoms with Crippen LogP contribution in [-0.4, -0.2) is 31.9 Å². The Hall–Kier alpha value is -3.81. The summed E-state index contributed by atoms with van der Waals surface area (Å²) in [6.45, 7) is 4.16. The Morgan fingerprint density at radius 2 is 2.00 bits per heavy atom. The predicted molar refractivity (Wildman–Crippen MR) is 109 cm³/mol. The molecule has 0 spiro atoms. The Balaban J connectivity index is 1.50. The van der Waals surface area contributed by atoms with Crippen molar-refractivity contribution >= 4 is 11.9 Å². The second-order valence-electron chi connectivity index (χ2n) is 7.41. The summed E-state index contributed by atoms with van der Waals surface area (Å²) in [5.74, 6) is -1.24. The molecule has 1 unspecified atom stereocenters. The van der Waals surface area contributed by atoms with Crippen LogP contribution in [0.15, 0.2) is 48.8 Å². The molecule has 1 aliphatic rings. The summed E-state index contributed by atoms with van der Waals surface area (Å²) >= 11 is 0. The maximum Gasteiger partial charge on any atom is 0.354 e. The first-order valence-corrected chi connectivity index (χ1v) is 9.71. The Bertz CT molecular complexity index is 1160. The third kappa shape index (κ3) is 3.96. The number of carbonyl (C=O) groups excluding carboxylic acids is 1. The number of fused-ring (bicyclic) bond motifs is 1. The number of carboxylic acid groups (broad SMARTS) is 1. The van der Waals surface area contributed by atoms with Gasteiger partial charge in [-0.1, -0.05) is 12.1 Å². The van der Waals surface area contributed by atoms with Crippen molar-refractivity contribution in [2.75, 3.05) is 0 Å². The van der Waals surface area contributed by atoms with Crippen molar-refractivity contribution in [2.24, 2.45) is 0 Å². The van der Waals surface area contributed by atoms with Crippen molar-refractivity contribution in [1.82, 2.24) is 14.9 Å². The quantitative estimate of drug-likeness (QED) is 0.649. The van der Waals surface area contributed by atoms with Crippen LogP contribution in [0.3, 0.4) is 0 Å². The molecule has 1 aliphatic heterocycles. The van der Waals surface area contributed by atoms with Gasteiger partial charge in [-0.05, 0) is 49.2 Å². The van der Waals surface area contributed by atoms with E-state index in [0.717, 1.165) is 16.7 Å². The topological polar surface area (TPSA) is 92.6 Å². The van der Waals surface area contributed by atoms with Crippen LogP contribution in [0.4, 0.5) is 4.39 Å². The van der Waals surface area contributed by atoms with E-state index in [0.29, 0.717) is 17.0 Å². The molecule has 1 N–H and O–H groups in total. The maximum absolute atomic E-state index is 13.0. The largest absolute Gasteiger partial charge is 0.477 e. The molecule has 0 saturated heterocycles. The normalized spacial score (nSPS) is 13.8. The van der Waals surface area contributed by atoms with Crippen LogP contribution in [-0.2, 0) is 13.2 Å². The van der Waals surface area contributed by atoms with Crippen molar-refractivity contribution < 1.29 is 23.8 Å². The second-order valence-corrected chi connectivity index (χ2v) is 7.41. The molecule has 1 atom stereocenters. The van der Waals surface area contributed by atoms with E-state index in [4.69, 9.17) is 4.74 Å². The fourth-order valence-electron chi connectivity index (χ4n) is 3.62. The Morgan fingerprint density at radius 3 is 2.68 bits per heavy atom. The van der Waals surface area contributed by atoms with Crippen LogP contribution in [0.25, 0.3) is 0 Å². The molecule has 4 rings (SSSR count). The number of hydrogen-bond acceptors (Lipinski definition) is 5. The Kier molecular flexibility index (Phi) is 5.37. The van der Waals surface area contributed by atoms with E-state index < -0.39 is 5.97 Å². The van der Waals surface area contributed by atoms with E-state index >= 15 is 0 Å². The fourth-order valence-corrected chi connectivity index (χ4v) is 3.62. The number of amides is 1. The highest BCUT2D eigenvalue weighted by molar-refractivity contribution is 6.01. The molecule has 3 aromatic rings. The molecule has 7 nitrogen and oxygen atoms in total. The average Bonchev–Trinajstić information content (AvgIpc) is 3.10. The van der Waals surface area contributed by atoms with E-state index in [1.165, 1.54) is 18.3 Å². The number of nitrogens with zero attached hydrogens (tertiary/aromatic N) is 3. The smallest absolute Gasteiger partial charge is 0.354 e. The zero-order valence-corrected chi connectivity index (χ0v) is 17.0. The van der Waals surface area contributed by atoms with E-state index in [9.17, 15) is 19.1 Å². The van der Waals surface area contributed by atoms with Gasteiger partial charge in [0.25, 0.3) is 5.91 Å². The van der Waals surface area contributed by atoms with Gasteiger partial charge in [0.15, 0.2) is 5.69 Å². The third-order valence-electron chi connectivity index (χ3n) is 5.37. The van der Waals surface area contributed by atoms with Gasteiger partial charge in [-0.2, -0.15) is 0 Å². The van der Waals surface area contributed by atoms with Crippen LogP contribution in [0.1, 0.15) is 56.1 Å². The molecule has 1 amide bonds. The lowest BCUT2D eigenvalue weighted by molar-refractivity contribution is 0.0678. The molecular formula is C23H20FN3O4. The van der Waals surface area contributed by atoms with E-state index in [2.05, 4.69) is 9.97 Å². The van der Waals surface area contributed by atoms with Gasteiger partial charge in [-0.25, -0.2) is 19.2 Å². The fraction of sp³-hybridized carbons (Fsp3) is 0.217. The standard InChI is InChI=1S/C23H20FN3O4/c1-13-9-16(10-26-21(13)31-12-15-3-5-17(24)6-4-15)14(2)27-11-19-18(22(27)28)7-8-25-20(19)23(29)30/h3-10,14H,11-12H2,1-2H3,(H,29,30). The molecular weight excluding hydrogens is 401 g/mol. The minimum Gasteiger partial charge on any atom is -0.477 e. The zero-order valence-electron chi connectivity index (χ0n) is 17.0. The van der Waals surface area contributed by atoms with E-state index in [-0.39, 0.29) is 36.6 Å². The molecule has 0 fully saturated rings. The number of aryl methyl sites for hydroxylation is 1. The van der Waals surface area contributed by atoms with Crippen molar-refractivity contribution in [1.29, 1.82) is 0 Å². The van der Waals surface area contributed by atoms with Crippen LogP contribution >= 0.6 is 0 Å². The minimum absolute atomic E-state index is 0.0978. The van der Waals surface area contributed by atoms with Crippen LogP contribution in [0, 0.1) is 12.7 Å². The summed E-state index contributed by atoms with van der Waals surface area (Å²) in [7, 11) is 0. The molecule has 1 aromatic carbocycles. The number of carboxylic acids is 1.